The first-order chi connectivity index (χ1) is 7.27. The van der Waals surface area contributed by atoms with Crippen LogP contribution in [0.15, 0.2) is 46.5 Å². The number of hydrogen-bond donors (Lipinski definition) is 0. The Morgan fingerprint density at radius 3 is 1.73 bits per heavy atom. The minimum atomic E-state index is 0.474. The van der Waals surface area contributed by atoms with E-state index in [9.17, 15) is 0 Å². The number of pyridine rings is 2. The van der Waals surface area contributed by atoms with Crippen LogP contribution in [0.5, 0.6) is 0 Å². The summed E-state index contributed by atoms with van der Waals surface area (Å²) in [5, 5.41) is 0.949. The van der Waals surface area contributed by atoms with Crippen LogP contribution < -0.4 is 0 Å². The number of halogens is 2. The summed E-state index contributed by atoms with van der Waals surface area (Å²) in [4.78, 5) is 9.71. The Morgan fingerprint density at radius 2 is 1.33 bits per heavy atom. The maximum Gasteiger partial charge on any atom is 0.142 e. The number of hydrogen-bond acceptors (Lipinski definition) is 3. The number of nitrogens with zero attached hydrogens (tertiary/aromatic N) is 2. The highest BCUT2D eigenvalue weighted by Crippen LogP contribution is 2.34. The minimum Gasteiger partial charge on any atom is -0.243 e. The molecule has 0 unspecified atom stereocenters. The van der Waals surface area contributed by atoms with Gasteiger partial charge >= 0.3 is 0 Å². The van der Waals surface area contributed by atoms with E-state index in [1.165, 1.54) is 11.8 Å². The van der Waals surface area contributed by atoms with E-state index in [1.54, 1.807) is 12.4 Å². The summed E-state index contributed by atoms with van der Waals surface area (Å²) in [6.45, 7) is 0. The molecule has 0 aromatic carbocycles. The van der Waals surface area contributed by atoms with Gasteiger partial charge in [0.05, 0.1) is 0 Å². The van der Waals surface area contributed by atoms with Crippen molar-refractivity contribution in [2.75, 3.05) is 0 Å². The molecular formula is C10H6Cl2N2S. The van der Waals surface area contributed by atoms with E-state index < -0.39 is 0 Å². The van der Waals surface area contributed by atoms with Crippen LogP contribution in [-0.4, -0.2) is 9.97 Å². The molecule has 0 aliphatic heterocycles. The normalized spacial score (nSPS) is 10.3. The molecule has 0 saturated carbocycles. The fraction of sp³-hybridized carbons (Fsp3) is 0. The fourth-order valence-electron chi connectivity index (χ4n) is 1.01. The van der Waals surface area contributed by atoms with Crippen LogP contribution in [0.4, 0.5) is 0 Å². The zero-order valence-electron chi connectivity index (χ0n) is 7.52. The van der Waals surface area contributed by atoms with Gasteiger partial charge in [0.2, 0.25) is 0 Å². The molecule has 0 aliphatic carbocycles. The Kier molecular flexibility index (Phi) is 3.46. The lowest BCUT2D eigenvalue weighted by molar-refractivity contribution is 1.21. The lowest BCUT2D eigenvalue weighted by atomic mass is 10.5. The van der Waals surface area contributed by atoms with E-state index >= 15 is 0 Å². The second-order valence-electron chi connectivity index (χ2n) is 2.69. The van der Waals surface area contributed by atoms with Gasteiger partial charge < -0.3 is 0 Å². The van der Waals surface area contributed by atoms with E-state index in [1.807, 2.05) is 24.3 Å². The quantitative estimate of drug-likeness (QED) is 0.762. The third-order valence-corrected chi connectivity index (χ3v) is 3.59. The average Bonchev–Trinajstić information content (AvgIpc) is 2.24. The zero-order valence-corrected chi connectivity index (χ0v) is 9.85. The SMILES string of the molecule is Clc1ncccc1Sc1cccnc1Cl. The maximum atomic E-state index is 5.93. The Morgan fingerprint density at radius 1 is 0.867 bits per heavy atom. The first kappa shape index (κ1) is 10.7. The molecule has 2 aromatic rings. The van der Waals surface area contributed by atoms with E-state index in [0.717, 1.165) is 9.79 Å². The van der Waals surface area contributed by atoms with Crippen molar-refractivity contribution in [1.29, 1.82) is 0 Å². The predicted molar refractivity (Wildman–Crippen MR) is 62.6 cm³/mol. The summed E-state index contributed by atoms with van der Waals surface area (Å²) in [6.07, 6.45) is 3.30. The molecule has 0 saturated heterocycles. The van der Waals surface area contributed by atoms with E-state index in [4.69, 9.17) is 23.2 Å². The molecule has 76 valence electrons. The van der Waals surface area contributed by atoms with Gasteiger partial charge in [-0.15, -0.1) is 0 Å². The highest BCUT2D eigenvalue weighted by atomic mass is 35.5. The smallest absolute Gasteiger partial charge is 0.142 e. The Labute approximate surface area is 102 Å². The molecule has 0 N–H and O–H groups in total. The van der Waals surface area contributed by atoms with Crippen molar-refractivity contribution >= 4 is 35.0 Å². The van der Waals surface area contributed by atoms with Crippen LogP contribution in [0.25, 0.3) is 0 Å². The average molecular weight is 257 g/mol. The first-order valence-electron chi connectivity index (χ1n) is 4.16. The molecule has 0 atom stereocenters. The summed E-state index contributed by atoms with van der Waals surface area (Å²) in [5.41, 5.74) is 0. The standard InChI is InChI=1S/C10H6Cl2N2S/c11-9-7(3-1-5-13-9)15-8-4-2-6-14-10(8)12/h1-6H. The highest BCUT2D eigenvalue weighted by molar-refractivity contribution is 7.99. The zero-order chi connectivity index (χ0) is 10.7. The molecule has 0 bridgehead atoms. The lowest BCUT2D eigenvalue weighted by Crippen LogP contribution is -1.81. The molecule has 2 aromatic heterocycles. The molecule has 0 spiro atoms. The number of rotatable bonds is 2. The summed E-state index contributed by atoms with van der Waals surface area (Å²) in [5.74, 6) is 0. The summed E-state index contributed by atoms with van der Waals surface area (Å²) in [6, 6.07) is 7.45. The topological polar surface area (TPSA) is 25.8 Å². The van der Waals surface area contributed by atoms with Gasteiger partial charge in [0, 0.05) is 22.2 Å². The summed E-state index contributed by atoms with van der Waals surface area (Å²) < 4.78 is 0. The first-order valence-corrected chi connectivity index (χ1v) is 5.73. The van der Waals surface area contributed by atoms with Crippen molar-refractivity contribution in [2.24, 2.45) is 0 Å². The van der Waals surface area contributed by atoms with Crippen LogP contribution in [0.1, 0.15) is 0 Å². The summed E-state index contributed by atoms with van der Waals surface area (Å²) >= 11 is 13.3. The van der Waals surface area contributed by atoms with Gasteiger partial charge in [0.1, 0.15) is 10.3 Å². The predicted octanol–water partition coefficient (Wildman–Crippen LogP) is 3.93. The minimum absolute atomic E-state index is 0.474. The molecule has 0 fully saturated rings. The summed E-state index contributed by atoms with van der Waals surface area (Å²) in [7, 11) is 0. The van der Waals surface area contributed by atoms with Crippen molar-refractivity contribution in [3.63, 3.8) is 0 Å². The van der Waals surface area contributed by atoms with Crippen LogP contribution in [-0.2, 0) is 0 Å². The van der Waals surface area contributed by atoms with Gasteiger partial charge in [0.25, 0.3) is 0 Å². The number of aromatic nitrogens is 2. The van der Waals surface area contributed by atoms with Gasteiger partial charge in [-0.05, 0) is 24.3 Å². The van der Waals surface area contributed by atoms with Crippen molar-refractivity contribution in [2.45, 2.75) is 9.79 Å². The molecular weight excluding hydrogens is 251 g/mol. The molecule has 2 heterocycles. The third-order valence-electron chi connectivity index (χ3n) is 1.67. The molecule has 2 nitrogen and oxygen atoms in total. The lowest BCUT2D eigenvalue weighted by Gasteiger charge is -2.03. The Bertz CT molecular complexity index is 433. The molecule has 5 heteroatoms. The van der Waals surface area contributed by atoms with Gasteiger partial charge in [-0.25, -0.2) is 9.97 Å². The van der Waals surface area contributed by atoms with Gasteiger partial charge in [-0.3, -0.25) is 0 Å². The monoisotopic (exact) mass is 256 g/mol. The fourth-order valence-corrected chi connectivity index (χ4v) is 2.29. The molecule has 0 amide bonds. The second kappa shape index (κ2) is 4.84. The van der Waals surface area contributed by atoms with Crippen molar-refractivity contribution < 1.29 is 0 Å². The molecule has 0 radical (unpaired) electrons. The van der Waals surface area contributed by atoms with Crippen LogP contribution in [0.2, 0.25) is 10.3 Å². The van der Waals surface area contributed by atoms with E-state index in [-0.39, 0.29) is 0 Å². The Hall–Kier alpha value is -0.770. The van der Waals surface area contributed by atoms with Gasteiger partial charge in [0.15, 0.2) is 0 Å². The second-order valence-corrected chi connectivity index (χ2v) is 4.49. The third kappa shape index (κ3) is 2.62. The van der Waals surface area contributed by atoms with Crippen molar-refractivity contribution in [3.8, 4) is 0 Å². The Balaban J connectivity index is 2.30. The maximum absolute atomic E-state index is 5.93. The van der Waals surface area contributed by atoms with E-state index in [2.05, 4.69) is 9.97 Å². The van der Waals surface area contributed by atoms with Crippen LogP contribution in [0.3, 0.4) is 0 Å². The molecule has 0 aliphatic rings. The highest BCUT2D eigenvalue weighted by Gasteiger charge is 2.06. The molecule has 2 rings (SSSR count). The van der Waals surface area contributed by atoms with Crippen molar-refractivity contribution in [3.05, 3.63) is 47.0 Å². The van der Waals surface area contributed by atoms with Gasteiger partial charge in [-0.2, -0.15) is 0 Å². The van der Waals surface area contributed by atoms with E-state index in [0.29, 0.717) is 10.3 Å². The largest absolute Gasteiger partial charge is 0.243 e. The van der Waals surface area contributed by atoms with Gasteiger partial charge in [-0.1, -0.05) is 35.0 Å². The van der Waals surface area contributed by atoms with Crippen molar-refractivity contribution in [1.82, 2.24) is 9.97 Å². The molecule has 15 heavy (non-hydrogen) atoms. The van der Waals surface area contributed by atoms with Crippen LogP contribution >= 0.6 is 35.0 Å². The van der Waals surface area contributed by atoms with Crippen LogP contribution in [0, 0.1) is 0 Å².